The summed E-state index contributed by atoms with van der Waals surface area (Å²) in [6.07, 6.45) is 1.79. The molecule has 1 amide bonds. The molecular formula is C15H16F2N2O2. The van der Waals surface area contributed by atoms with Crippen LogP contribution in [-0.2, 0) is 7.05 Å². The molecular weight excluding hydrogens is 278 g/mol. The first kappa shape index (κ1) is 15.0. The Morgan fingerprint density at radius 3 is 2.43 bits per heavy atom. The van der Waals surface area contributed by atoms with Crippen molar-refractivity contribution in [3.63, 3.8) is 0 Å². The first-order chi connectivity index (χ1) is 9.97. The maximum atomic E-state index is 12.1. The van der Waals surface area contributed by atoms with Crippen LogP contribution in [-0.4, -0.2) is 17.1 Å². The highest BCUT2D eigenvalue weighted by atomic mass is 19.3. The Balaban J connectivity index is 2.01. The number of carbonyl (C=O) groups is 1. The van der Waals surface area contributed by atoms with Crippen molar-refractivity contribution in [2.75, 3.05) is 0 Å². The number of amides is 1. The molecule has 0 radical (unpaired) electrons. The molecule has 0 aliphatic rings. The smallest absolute Gasteiger partial charge is 0.387 e. The van der Waals surface area contributed by atoms with E-state index in [1.807, 2.05) is 6.92 Å². The standard InChI is InChI=1S/C15H16F2N2O2/c1-10(18-14(20)13-4-3-9-19(13)2)11-5-7-12(8-6-11)21-15(16)17/h3-10,15H,1-2H3,(H,18,20). The van der Waals surface area contributed by atoms with Crippen LogP contribution in [0.3, 0.4) is 0 Å². The van der Waals surface area contributed by atoms with E-state index in [9.17, 15) is 13.6 Å². The molecule has 1 unspecified atom stereocenters. The zero-order valence-corrected chi connectivity index (χ0v) is 11.7. The van der Waals surface area contributed by atoms with E-state index in [2.05, 4.69) is 10.1 Å². The summed E-state index contributed by atoms with van der Waals surface area (Å²) in [4.78, 5) is 12.1. The maximum Gasteiger partial charge on any atom is 0.387 e. The third-order valence-electron chi connectivity index (χ3n) is 3.13. The van der Waals surface area contributed by atoms with Gasteiger partial charge in [-0.2, -0.15) is 8.78 Å². The Morgan fingerprint density at radius 1 is 1.24 bits per heavy atom. The first-order valence-electron chi connectivity index (χ1n) is 6.44. The van der Waals surface area contributed by atoms with Crippen molar-refractivity contribution in [3.05, 3.63) is 53.9 Å². The number of aryl methyl sites for hydroxylation is 1. The van der Waals surface area contributed by atoms with Crippen LogP contribution in [0, 0.1) is 0 Å². The summed E-state index contributed by atoms with van der Waals surface area (Å²) in [5.41, 5.74) is 1.36. The van der Waals surface area contributed by atoms with Crippen LogP contribution in [0.5, 0.6) is 5.75 Å². The fraction of sp³-hybridized carbons (Fsp3) is 0.267. The Morgan fingerprint density at radius 2 is 1.90 bits per heavy atom. The second-order valence-corrected chi connectivity index (χ2v) is 4.65. The monoisotopic (exact) mass is 294 g/mol. The zero-order chi connectivity index (χ0) is 15.4. The molecule has 1 aromatic carbocycles. The topological polar surface area (TPSA) is 43.3 Å². The zero-order valence-electron chi connectivity index (χ0n) is 11.7. The lowest BCUT2D eigenvalue weighted by Crippen LogP contribution is -2.28. The molecule has 6 heteroatoms. The second kappa shape index (κ2) is 6.39. The first-order valence-corrected chi connectivity index (χ1v) is 6.44. The van der Waals surface area contributed by atoms with Gasteiger partial charge in [-0.3, -0.25) is 4.79 Å². The van der Waals surface area contributed by atoms with Crippen molar-refractivity contribution in [2.45, 2.75) is 19.6 Å². The fourth-order valence-corrected chi connectivity index (χ4v) is 1.99. The summed E-state index contributed by atoms with van der Waals surface area (Å²) < 4.78 is 30.1. The van der Waals surface area contributed by atoms with Gasteiger partial charge in [0.25, 0.3) is 5.91 Å². The highest BCUT2D eigenvalue weighted by Crippen LogP contribution is 2.19. The van der Waals surface area contributed by atoms with Crippen molar-refractivity contribution in [2.24, 2.45) is 7.05 Å². The largest absolute Gasteiger partial charge is 0.435 e. The Hall–Kier alpha value is -2.37. The molecule has 0 spiro atoms. The lowest BCUT2D eigenvalue weighted by molar-refractivity contribution is -0.0498. The lowest BCUT2D eigenvalue weighted by Gasteiger charge is -2.15. The van der Waals surface area contributed by atoms with Gasteiger partial charge in [-0.05, 0) is 36.8 Å². The van der Waals surface area contributed by atoms with Crippen LogP contribution < -0.4 is 10.1 Å². The number of carbonyl (C=O) groups excluding carboxylic acids is 1. The van der Waals surface area contributed by atoms with E-state index in [1.54, 1.807) is 42.1 Å². The summed E-state index contributed by atoms with van der Waals surface area (Å²) in [6.45, 7) is -1.02. The van der Waals surface area contributed by atoms with E-state index in [0.29, 0.717) is 5.69 Å². The Kier molecular flexibility index (Phi) is 4.57. The van der Waals surface area contributed by atoms with Crippen LogP contribution in [0.25, 0.3) is 0 Å². The number of hydrogen-bond donors (Lipinski definition) is 1. The van der Waals surface area contributed by atoms with Crippen LogP contribution in [0.1, 0.15) is 29.0 Å². The minimum absolute atomic E-state index is 0.0923. The van der Waals surface area contributed by atoms with Gasteiger partial charge in [0.15, 0.2) is 0 Å². The molecule has 0 bridgehead atoms. The number of nitrogens with zero attached hydrogens (tertiary/aromatic N) is 1. The molecule has 2 rings (SSSR count). The molecule has 4 nitrogen and oxygen atoms in total. The fourth-order valence-electron chi connectivity index (χ4n) is 1.99. The summed E-state index contributed by atoms with van der Waals surface area (Å²) in [7, 11) is 1.79. The van der Waals surface area contributed by atoms with Gasteiger partial charge < -0.3 is 14.6 Å². The molecule has 0 saturated heterocycles. The van der Waals surface area contributed by atoms with Crippen molar-refractivity contribution in [1.29, 1.82) is 0 Å². The molecule has 1 N–H and O–H groups in total. The van der Waals surface area contributed by atoms with Crippen LogP contribution in [0.2, 0.25) is 0 Å². The van der Waals surface area contributed by atoms with E-state index in [4.69, 9.17) is 0 Å². The number of aromatic nitrogens is 1. The van der Waals surface area contributed by atoms with Gasteiger partial charge in [0.05, 0.1) is 6.04 Å². The second-order valence-electron chi connectivity index (χ2n) is 4.65. The van der Waals surface area contributed by atoms with Crippen LogP contribution in [0.15, 0.2) is 42.6 Å². The van der Waals surface area contributed by atoms with Crippen LogP contribution in [0.4, 0.5) is 8.78 Å². The predicted octanol–water partition coefficient (Wildman–Crippen LogP) is 3.12. The highest BCUT2D eigenvalue weighted by Gasteiger charge is 2.13. The average Bonchev–Trinajstić information content (AvgIpc) is 2.85. The number of rotatable bonds is 5. The van der Waals surface area contributed by atoms with Crippen LogP contribution >= 0.6 is 0 Å². The summed E-state index contributed by atoms with van der Waals surface area (Å²) in [6, 6.07) is 9.46. The number of hydrogen-bond acceptors (Lipinski definition) is 2. The van der Waals surface area contributed by atoms with Gasteiger partial charge in [-0.1, -0.05) is 12.1 Å². The summed E-state index contributed by atoms with van der Waals surface area (Å²) in [5, 5.41) is 2.85. The van der Waals surface area contributed by atoms with Crippen molar-refractivity contribution < 1.29 is 18.3 Å². The van der Waals surface area contributed by atoms with Gasteiger partial charge in [0.1, 0.15) is 11.4 Å². The van der Waals surface area contributed by atoms with Crippen molar-refractivity contribution >= 4 is 5.91 Å². The number of nitrogens with one attached hydrogen (secondary N) is 1. The van der Waals surface area contributed by atoms with Crippen molar-refractivity contribution in [3.8, 4) is 5.75 Å². The SMILES string of the molecule is CC(NC(=O)c1cccn1C)c1ccc(OC(F)F)cc1. The number of benzene rings is 1. The molecule has 0 fully saturated rings. The normalized spacial score (nSPS) is 12.2. The van der Waals surface area contributed by atoms with Gasteiger partial charge in [0.2, 0.25) is 0 Å². The summed E-state index contributed by atoms with van der Waals surface area (Å²) in [5.74, 6) is -0.0994. The molecule has 0 saturated carbocycles. The molecule has 0 aliphatic heterocycles. The third kappa shape index (κ3) is 3.81. The molecule has 2 aromatic rings. The van der Waals surface area contributed by atoms with Crippen molar-refractivity contribution in [1.82, 2.24) is 9.88 Å². The third-order valence-corrected chi connectivity index (χ3v) is 3.13. The predicted molar refractivity (Wildman–Crippen MR) is 74.4 cm³/mol. The molecule has 1 aromatic heterocycles. The number of ether oxygens (including phenoxy) is 1. The molecule has 112 valence electrons. The minimum atomic E-state index is -2.84. The van der Waals surface area contributed by atoms with Gasteiger partial charge in [0, 0.05) is 13.2 Å². The minimum Gasteiger partial charge on any atom is -0.435 e. The quantitative estimate of drug-likeness (QED) is 0.920. The Labute approximate surface area is 121 Å². The average molecular weight is 294 g/mol. The number of alkyl halides is 2. The molecule has 0 aliphatic carbocycles. The van der Waals surface area contributed by atoms with Gasteiger partial charge in [-0.15, -0.1) is 0 Å². The lowest BCUT2D eigenvalue weighted by atomic mass is 10.1. The van der Waals surface area contributed by atoms with E-state index in [0.717, 1.165) is 5.56 Å². The van der Waals surface area contributed by atoms with Gasteiger partial charge >= 0.3 is 6.61 Å². The van der Waals surface area contributed by atoms with E-state index < -0.39 is 6.61 Å². The van der Waals surface area contributed by atoms with E-state index in [1.165, 1.54) is 12.1 Å². The number of halogens is 2. The molecule has 1 atom stereocenters. The Bertz CT molecular complexity index is 608. The maximum absolute atomic E-state index is 12.1. The van der Waals surface area contributed by atoms with Gasteiger partial charge in [-0.25, -0.2) is 0 Å². The van der Waals surface area contributed by atoms with E-state index in [-0.39, 0.29) is 17.7 Å². The molecule has 1 heterocycles. The van der Waals surface area contributed by atoms with E-state index >= 15 is 0 Å². The highest BCUT2D eigenvalue weighted by molar-refractivity contribution is 5.92. The summed E-state index contributed by atoms with van der Waals surface area (Å²) >= 11 is 0. The molecule has 21 heavy (non-hydrogen) atoms.